The number of anilines is 1. The Hall–Kier alpha value is -1.43. The number of primary amides is 1. The van der Waals surface area contributed by atoms with Gasteiger partial charge in [-0.05, 0) is 69.4 Å². The third-order valence-corrected chi connectivity index (χ3v) is 7.28. The molecule has 2 unspecified atom stereocenters. The second kappa shape index (κ2) is 5.53. The summed E-state index contributed by atoms with van der Waals surface area (Å²) >= 11 is 3.90. The van der Waals surface area contributed by atoms with Gasteiger partial charge in [-0.25, -0.2) is 4.39 Å². The minimum Gasteiger partial charge on any atom is -0.366 e. The van der Waals surface area contributed by atoms with Crippen LogP contribution in [0.25, 0.3) is 0 Å². The van der Waals surface area contributed by atoms with E-state index in [9.17, 15) is 14.0 Å². The first-order valence-corrected chi connectivity index (χ1v) is 9.59. The van der Waals surface area contributed by atoms with E-state index in [4.69, 9.17) is 5.73 Å². The molecule has 6 heteroatoms. The Bertz CT molecular complexity index is 765. The van der Waals surface area contributed by atoms with Crippen LogP contribution in [0.4, 0.5) is 10.1 Å². The maximum Gasteiger partial charge on any atom is 0.248 e. The summed E-state index contributed by atoms with van der Waals surface area (Å²) in [6, 6.07) is 2.59. The van der Waals surface area contributed by atoms with Crippen LogP contribution >= 0.6 is 15.9 Å². The van der Waals surface area contributed by atoms with Crippen LogP contribution in [0.2, 0.25) is 0 Å². The molecular weight excluding hydrogens is 387 g/mol. The summed E-state index contributed by atoms with van der Waals surface area (Å²) in [5, 5.41) is 2.91. The van der Waals surface area contributed by atoms with Crippen LogP contribution in [-0.2, 0) is 4.79 Å². The number of rotatable bonds is 3. The normalized spacial score (nSPS) is 35.6. The van der Waals surface area contributed by atoms with Crippen LogP contribution < -0.4 is 11.1 Å². The van der Waals surface area contributed by atoms with Crippen molar-refractivity contribution >= 4 is 33.4 Å². The highest BCUT2D eigenvalue weighted by molar-refractivity contribution is 9.10. The Morgan fingerprint density at radius 3 is 2.44 bits per heavy atom. The molecule has 4 aliphatic rings. The maximum absolute atomic E-state index is 14.1. The number of alkyl halides is 1. The average Bonchev–Trinajstić information content (AvgIpc) is 2.48. The number of amides is 2. The zero-order valence-corrected chi connectivity index (χ0v) is 15.8. The van der Waals surface area contributed by atoms with E-state index in [1.54, 1.807) is 6.92 Å². The highest BCUT2D eigenvalue weighted by atomic mass is 79.9. The van der Waals surface area contributed by atoms with E-state index in [1.807, 2.05) is 0 Å². The van der Waals surface area contributed by atoms with Crippen molar-refractivity contribution in [3.05, 3.63) is 29.1 Å². The van der Waals surface area contributed by atoms with Gasteiger partial charge >= 0.3 is 0 Å². The Morgan fingerprint density at radius 1 is 1.24 bits per heavy atom. The Balaban J connectivity index is 1.64. The molecule has 0 aliphatic heterocycles. The summed E-state index contributed by atoms with van der Waals surface area (Å²) in [5.41, 5.74) is 5.63. The predicted molar refractivity (Wildman–Crippen MR) is 97.1 cm³/mol. The van der Waals surface area contributed by atoms with Gasteiger partial charge in [-0.2, -0.15) is 0 Å². The molecule has 134 valence electrons. The number of benzene rings is 1. The molecule has 0 saturated heterocycles. The van der Waals surface area contributed by atoms with Gasteiger partial charge in [0.15, 0.2) is 0 Å². The van der Waals surface area contributed by atoms with Crippen molar-refractivity contribution in [3.63, 3.8) is 0 Å². The number of carbonyl (C=O) groups excluding carboxylic acids is 2. The standard InChI is InChI=1S/C19H22BrFN2O2/c1-10-14(21)3-13(16(22)24)4-15(10)23-17(25)18-5-11-2-12(6-18)8-19(20,7-11)9-18/h3-4,11-12H,2,5-9H2,1H3,(H2,22,24)(H,23,25). The van der Waals surface area contributed by atoms with Crippen LogP contribution in [0, 0.1) is 30.0 Å². The average molecular weight is 409 g/mol. The molecule has 5 rings (SSSR count). The highest BCUT2D eigenvalue weighted by Gasteiger charge is 2.59. The number of nitrogens with one attached hydrogen (secondary N) is 1. The lowest BCUT2D eigenvalue weighted by Gasteiger charge is -2.59. The zero-order valence-electron chi connectivity index (χ0n) is 14.2. The summed E-state index contributed by atoms with van der Waals surface area (Å²) in [7, 11) is 0. The monoisotopic (exact) mass is 408 g/mol. The number of nitrogens with two attached hydrogens (primary N) is 1. The minimum absolute atomic E-state index is 0.0467. The highest BCUT2D eigenvalue weighted by Crippen LogP contribution is 2.64. The lowest BCUT2D eigenvalue weighted by atomic mass is 9.49. The van der Waals surface area contributed by atoms with Crippen molar-refractivity contribution in [2.24, 2.45) is 23.0 Å². The number of carbonyl (C=O) groups is 2. The van der Waals surface area contributed by atoms with Crippen molar-refractivity contribution in [1.29, 1.82) is 0 Å². The molecule has 0 heterocycles. The summed E-state index contributed by atoms with van der Waals surface area (Å²) in [6.45, 7) is 1.60. The lowest BCUT2D eigenvalue weighted by molar-refractivity contribution is -0.138. The SMILES string of the molecule is Cc1c(F)cc(C(N)=O)cc1NC(=O)C12CC3CC(CC(Br)(C3)C1)C2. The fraction of sp³-hybridized carbons (Fsp3) is 0.579. The topological polar surface area (TPSA) is 72.2 Å². The van der Waals surface area contributed by atoms with Gasteiger partial charge in [-0.3, -0.25) is 9.59 Å². The molecule has 0 radical (unpaired) electrons. The molecule has 0 aromatic heterocycles. The van der Waals surface area contributed by atoms with Gasteiger partial charge in [0.25, 0.3) is 0 Å². The Kier molecular flexibility index (Phi) is 3.76. The van der Waals surface area contributed by atoms with Gasteiger partial charge in [0, 0.05) is 21.1 Å². The summed E-state index contributed by atoms with van der Waals surface area (Å²) in [4.78, 5) is 24.6. The quantitative estimate of drug-likeness (QED) is 0.744. The molecule has 4 fully saturated rings. The van der Waals surface area contributed by atoms with Gasteiger partial charge in [0.2, 0.25) is 11.8 Å². The minimum atomic E-state index is -0.705. The molecule has 3 N–H and O–H groups in total. The van der Waals surface area contributed by atoms with Crippen molar-refractivity contribution in [2.45, 2.75) is 49.8 Å². The van der Waals surface area contributed by atoms with Crippen LogP contribution in [0.5, 0.6) is 0 Å². The first-order valence-electron chi connectivity index (χ1n) is 8.80. The fourth-order valence-corrected chi connectivity index (χ4v) is 7.07. The van der Waals surface area contributed by atoms with Crippen molar-refractivity contribution in [1.82, 2.24) is 0 Å². The van der Waals surface area contributed by atoms with E-state index in [1.165, 1.54) is 12.5 Å². The molecule has 2 atom stereocenters. The zero-order chi connectivity index (χ0) is 18.0. The molecule has 4 aliphatic carbocycles. The van der Waals surface area contributed by atoms with Gasteiger partial charge in [0.05, 0.1) is 5.41 Å². The van der Waals surface area contributed by atoms with Crippen LogP contribution in [-0.4, -0.2) is 16.1 Å². The predicted octanol–water partition coefficient (Wildman–Crippen LogP) is 3.91. The van der Waals surface area contributed by atoms with Crippen LogP contribution in [0.1, 0.15) is 54.4 Å². The van der Waals surface area contributed by atoms with Crippen molar-refractivity contribution in [2.75, 3.05) is 5.32 Å². The summed E-state index contributed by atoms with van der Waals surface area (Å²) < 4.78 is 14.2. The van der Waals surface area contributed by atoms with Crippen LogP contribution in [0.3, 0.4) is 0 Å². The smallest absolute Gasteiger partial charge is 0.248 e. The van der Waals surface area contributed by atoms with E-state index in [0.717, 1.165) is 38.2 Å². The third kappa shape index (κ3) is 2.78. The summed E-state index contributed by atoms with van der Waals surface area (Å²) in [6.07, 6.45) is 6.13. The largest absolute Gasteiger partial charge is 0.366 e. The Labute approximate surface area is 154 Å². The molecular formula is C19H22BrFN2O2. The van der Waals surface area contributed by atoms with E-state index in [0.29, 0.717) is 23.1 Å². The fourth-order valence-electron chi connectivity index (χ4n) is 5.62. The van der Waals surface area contributed by atoms with E-state index in [-0.39, 0.29) is 21.2 Å². The second-order valence-electron chi connectivity index (χ2n) is 8.34. The second-order valence-corrected chi connectivity index (χ2v) is 10.0. The van der Waals surface area contributed by atoms with Crippen molar-refractivity contribution in [3.8, 4) is 0 Å². The number of halogens is 2. The first kappa shape index (κ1) is 17.0. The third-order valence-electron chi connectivity index (χ3n) is 6.35. The van der Waals surface area contributed by atoms with Gasteiger partial charge in [-0.1, -0.05) is 15.9 Å². The molecule has 1 aromatic rings. The van der Waals surface area contributed by atoms with Gasteiger partial charge in [0.1, 0.15) is 5.82 Å². The molecule has 4 nitrogen and oxygen atoms in total. The van der Waals surface area contributed by atoms with E-state index >= 15 is 0 Å². The molecule has 4 bridgehead atoms. The van der Waals surface area contributed by atoms with E-state index < -0.39 is 11.7 Å². The number of hydrogen-bond acceptors (Lipinski definition) is 2. The van der Waals surface area contributed by atoms with Crippen LogP contribution in [0.15, 0.2) is 12.1 Å². The lowest BCUT2D eigenvalue weighted by Crippen LogP contribution is -2.57. The van der Waals surface area contributed by atoms with Gasteiger partial charge in [-0.15, -0.1) is 0 Å². The maximum atomic E-state index is 14.1. The molecule has 1 aromatic carbocycles. The molecule has 4 saturated carbocycles. The summed E-state index contributed by atoms with van der Waals surface area (Å²) in [5.74, 6) is -0.116. The van der Waals surface area contributed by atoms with Crippen molar-refractivity contribution < 1.29 is 14.0 Å². The van der Waals surface area contributed by atoms with E-state index in [2.05, 4.69) is 21.2 Å². The molecule has 2 amide bonds. The Morgan fingerprint density at radius 2 is 1.88 bits per heavy atom. The molecule has 0 spiro atoms. The van der Waals surface area contributed by atoms with Gasteiger partial charge < -0.3 is 11.1 Å². The first-order chi connectivity index (χ1) is 11.7. The number of hydrogen-bond donors (Lipinski definition) is 2. The molecule has 25 heavy (non-hydrogen) atoms.